The zero-order valence-corrected chi connectivity index (χ0v) is 24.6. The Bertz CT molecular complexity index is 1500. The van der Waals surface area contributed by atoms with Gasteiger partial charge >= 0.3 is 6.03 Å². The molecule has 2 fully saturated rings. The van der Waals surface area contributed by atoms with Crippen molar-refractivity contribution in [3.8, 4) is 11.4 Å². The molecule has 0 radical (unpaired) electrons. The molecule has 0 spiro atoms. The van der Waals surface area contributed by atoms with Gasteiger partial charge in [0.15, 0.2) is 5.82 Å². The van der Waals surface area contributed by atoms with E-state index < -0.39 is 26.2 Å². The molecule has 214 valence electrons. The van der Waals surface area contributed by atoms with E-state index >= 15 is 0 Å². The molecule has 1 saturated carbocycles. The summed E-state index contributed by atoms with van der Waals surface area (Å²) in [6.07, 6.45) is 0.926. The average molecular weight is 587 g/mol. The van der Waals surface area contributed by atoms with Crippen molar-refractivity contribution in [1.29, 1.82) is 0 Å². The third-order valence-corrected chi connectivity index (χ3v) is 11.0. The quantitative estimate of drug-likeness (QED) is 0.361. The predicted octanol–water partition coefficient (Wildman–Crippen LogP) is 3.49. The van der Waals surface area contributed by atoms with Crippen LogP contribution in [-0.4, -0.2) is 72.5 Å². The van der Waals surface area contributed by atoms with Crippen LogP contribution in [0.4, 0.5) is 16.3 Å². The first-order valence-corrected chi connectivity index (χ1v) is 15.5. The zero-order valence-electron chi connectivity index (χ0n) is 23.0. The first-order chi connectivity index (χ1) is 18.9. The highest BCUT2D eigenvalue weighted by Crippen LogP contribution is 2.55. The normalized spacial score (nSPS) is 18.8. The molecule has 13 heteroatoms. The third-order valence-electron chi connectivity index (χ3n) is 7.14. The van der Waals surface area contributed by atoms with E-state index in [-0.39, 0.29) is 17.0 Å². The lowest BCUT2D eigenvalue weighted by molar-refractivity contribution is 0.0985. The van der Waals surface area contributed by atoms with Gasteiger partial charge in [-0.25, -0.2) is 28.2 Å². The number of anilines is 2. The molecule has 2 aliphatic rings. The van der Waals surface area contributed by atoms with Crippen molar-refractivity contribution in [2.24, 2.45) is 0 Å². The van der Waals surface area contributed by atoms with Crippen molar-refractivity contribution >= 4 is 38.7 Å². The molecule has 1 saturated heterocycles. The van der Waals surface area contributed by atoms with Crippen molar-refractivity contribution in [3.05, 3.63) is 47.1 Å². The topological polar surface area (TPSA) is 147 Å². The number of aromatic nitrogens is 3. The highest BCUT2D eigenvalue weighted by molar-refractivity contribution is 7.94. The first kappa shape index (κ1) is 28.4. The largest absolute Gasteiger partial charge is 0.394 e. The molecule has 5 rings (SSSR count). The van der Waals surface area contributed by atoms with Crippen molar-refractivity contribution in [3.63, 3.8) is 0 Å². The molecule has 2 amide bonds. The standard InChI is InChI=1S/C27H34N6O5S2/c1-17-15-39-25(28-17)40(36,37)27(9-10-27)21-13-22(33-11-12-38-14-18(33)2)31-23(30-21)19-5-7-20(8-6-19)29-24(35)32-26(3,4)16-34/h5-8,13,15,18,34H,9-12,14,16H2,1-4H3,(H2,29,32,35)/t18-/m0/s1. The number of amides is 2. The fourth-order valence-corrected chi connectivity index (χ4v) is 7.89. The summed E-state index contributed by atoms with van der Waals surface area (Å²) < 4.78 is 32.2. The van der Waals surface area contributed by atoms with Gasteiger partial charge in [-0.3, -0.25) is 0 Å². The Kier molecular flexibility index (Phi) is 7.59. The number of urea groups is 1. The highest BCUT2D eigenvalue weighted by atomic mass is 32.2. The smallest absolute Gasteiger partial charge is 0.319 e. The molecule has 2 aromatic heterocycles. The van der Waals surface area contributed by atoms with Gasteiger partial charge in [-0.2, -0.15) is 0 Å². The van der Waals surface area contributed by atoms with E-state index in [9.17, 15) is 18.3 Å². The second-order valence-corrected chi connectivity index (χ2v) is 14.3. The van der Waals surface area contributed by atoms with Crippen molar-refractivity contribution in [2.75, 3.05) is 36.6 Å². The minimum absolute atomic E-state index is 0.0611. The molecule has 3 heterocycles. The first-order valence-electron chi connectivity index (χ1n) is 13.2. The maximum atomic E-state index is 13.8. The van der Waals surface area contributed by atoms with Crippen LogP contribution in [0.2, 0.25) is 0 Å². The van der Waals surface area contributed by atoms with Crippen molar-refractivity contribution in [1.82, 2.24) is 20.3 Å². The number of benzene rings is 1. The van der Waals surface area contributed by atoms with Crippen molar-refractivity contribution in [2.45, 2.75) is 61.2 Å². The van der Waals surface area contributed by atoms with Gasteiger partial charge in [-0.15, -0.1) is 11.3 Å². The summed E-state index contributed by atoms with van der Waals surface area (Å²) in [5.74, 6) is 1.06. The fraction of sp³-hybridized carbons (Fsp3) is 0.481. The van der Waals surface area contributed by atoms with Gasteiger partial charge in [0.2, 0.25) is 14.2 Å². The summed E-state index contributed by atoms with van der Waals surface area (Å²) in [6, 6.07) is 8.47. The van der Waals surface area contributed by atoms with Crippen LogP contribution in [0.15, 0.2) is 40.1 Å². The van der Waals surface area contributed by atoms with Crippen LogP contribution < -0.4 is 15.5 Å². The molecule has 11 nitrogen and oxygen atoms in total. The summed E-state index contributed by atoms with van der Waals surface area (Å²) in [5, 5.41) is 16.6. The van der Waals surface area contributed by atoms with E-state index in [1.807, 2.05) is 6.92 Å². The minimum atomic E-state index is -3.76. The fourth-order valence-electron chi connectivity index (χ4n) is 4.62. The zero-order chi connectivity index (χ0) is 28.7. The Morgan fingerprint density at radius 2 is 1.95 bits per heavy atom. The molecule has 0 bridgehead atoms. The van der Waals surface area contributed by atoms with E-state index in [4.69, 9.17) is 14.7 Å². The second kappa shape index (κ2) is 10.7. The third kappa shape index (κ3) is 5.55. The number of thiazole rings is 1. The lowest BCUT2D eigenvalue weighted by atomic mass is 10.1. The lowest BCUT2D eigenvalue weighted by Gasteiger charge is -2.34. The predicted molar refractivity (Wildman–Crippen MR) is 153 cm³/mol. The van der Waals surface area contributed by atoms with Crippen LogP contribution in [0.1, 0.15) is 45.0 Å². The van der Waals surface area contributed by atoms with Gasteiger partial charge in [0.05, 0.1) is 37.1 Å². The maximum Gasteiger partial charge on any atom is 0.319 e. The van der Waals surface area contributed by atoms with Crippen molar-refractivity contribution < 1.29 is 23.1 Å². The Hall–Kier alpha value is -3.13. The van der Waals surface area contributed by atoms with E-state index in [0.717, 1.165) is 11.3 Å². The minimum Gasteiger partial charge on any atom is -0.394 e. The van der Waals surface area contributed by atoms with Gasteiger partial charge in [-0.1, -0.05) is 0 Å². The Labute approximate surface area is 237 Å². The Morgan fingerprint density at radius 1 is 1.23 bits per heavy atom. The summed E-state index contributed by atoms with van der Waals surface area (Å²) in [5.41, 5.74) is 1.61. The number of aryl methyl sites for hydroxylation is 1. The van der Waals surface area contributed by atoms with E-state index in [0.29, 0.717) is 66.9 Å². The highest BCUT2D eigenvalue weighted by Gasteiger charge is 2.59. The van der Waals surface area contributed by atoms with Crippen LogP contribution in [0, 0.1) is 6.92 Å². The SMILES string of the molecule is Cc1csc(S(=O)(=O)C2(c3cc(N4CCOC[C@@H]4C)nc(-c4ccc(NC(=O)NC(C)(C)CO)cc4)n3)CC2)n1. The lowest BCUT2D eigenvalue weighted by Crippen LogP contribution is -2.48. The molecule has 3 N–H and O–H groups in total. The summed E-state index contributed by atoms with van der Waals surface area (Å²) >= 11 is 1.14. The van der Waals surface area contributed by atoms with Gasteiger partial charge in [-0.05, 0) is 64.8 Å². The van der Waals surface area contributed by atoms with Crippen LogP contribution in [0.3, 0.4) is 0 Å². The number of sulfone groups is 1. The molecule has 1 aliphatic heterocycles. The van der Waals surface area contributed by atoms with Gasteiger partial charge < -0.3 is 25.4 Å². The number of hydrogen-bond acceptors (Lipinski definition) is 10. The Morgan fingerprint density at radius 3 is 2.55 bits per heavy atom. The summed E-state index contributed by atoms with van der Waals surface area (Å²) in [7, 11) is -3.76. The number of morpholine rings is 1. The molecular formula is C27H34N6O5S2. The molecule has 3 aromatic rings. The van der Waals surface area contributed by atoms with Crippen LogP contribution >= 0.6 is 11.3 Å². The number of aliphatic hydroxyl groups is 1. The van der Waals surface area contributed by atoms with Crippen LogP contribution in [0.5, 0.6) is 0 Å². The molecule has 1 atom stereocenters. The monoisotopic (exact) mass is 586 g/mol. The van der Waals surface area contributed by atoms with E-state index in [1.165, 1.54) is 0 Å². The number of rotatable bonds is 8. The van der Waals surface area contributed by atoms with Gasteiger partial charge in [0.1, 0.15) is 10.6 Å². The van der Waals surface area contributed by atoms with Gasteiger partial charge in [0, 0.05) is 34.9 Å². The summed E-state index contributed by atoms with van der Waals surface area (Å²) in [4.78, 5) is 28.4. The number of carbonyl (C=O) groups is 1. The molecule has 1 aliphatic carbocycles. The van der Waals surface area contributed by atoms with Crippen LogP contribution in [0.25, 0.3) is 11.4 Å². The van der Waals surface area contributed by atoms with Crippen LogP contribution in [-0.2, 0) is 19.3 Å². The summed E-state index contributed by atoms with van der Waals surface area (Å²) in [6.45, 7) is 8.80. The van der Waals surface area contributed by atoms with E-state index in [1.54, 1.807) is 56.5 Å². The molecule has 40 heavy (non-hydrogen) atoms. The molecular weight excluding hydrogens is 552 g/mol. The number of nitrogens with zero attached hydrogens (tertiary/aromatic N) is 4. The molecule has 0 unspecified atom stereocenters. The van der Waals surface area contributed by atoms with E-state index in [2.05, 4.69) is 20.5 Å². The molecule has 1 aromatic carbocycles. The average Bonchev–Trinajstić information content (AvgIpc) is 3.63. The second-order valence-electron chi connectivity index (χ2n) is 11.0. The number of ether oxygens (including phenoxy) is 1. The number of hydrogen-bond donors (Lipinski definition) is 3. The number of carbonyl (C=O) groups excluding carboxylic acids is 1. The maximum absolute atomic E-state index is 13.8. The number of aliphatic hydroxyl groups excluding tert-OH is 1. The number of nitrogens with one attached hydrogen (secondary N) is 2. The van der Waals surface area contributed by atoms with Gasteiger partial charge in [0.25, 0.3) is 0 Å². The Balaban J connectivity index is 1.50.